The Balaban J connectivity index is 0.00000200. The van der Waals surface area contributed by atoms with Crippen LogP contribution in [0, 0.1) is 0 Å². The average molecular weight is 348 g/mol. The van der Waals surface area contributed by atoms with Crippen molar-refractivity contribution in [1.29, 1.82) is 0 Å². The first kappa shape index (κ1) is 20.8. The third kappa shape index (κ3) is 6.22. The van der Waals surface area contributed by atoms with E-state index in [1.807, 2.05) is 0 Å². The molecule has 2 rings (SSSR count). The molecule has 2 aliphatic rings. The van der Waals surface area contributed by atoms with Gasteiger partial charge in [0.25, 0.3) is 5.92 Å². The highest BCUT2D eigenvalue weighted by molar-refractivity contribution is 5.85. The number of nitrogens with one attached hydrogen (secondary N) is 2. The van der Waals surface area contributed by atoms with Gasteiger partial charge in [-0.25, -0.2) is 8.78 Å². The molecule has 2 heterocycles. The Hall–Kier alpha value is -0.170. The first-order valence-corrected chi connectivity index (χ1v) is 7.11. The predicted octanol–water partition coefficient (Wildman–Crippen LogP) is 1.82. The molecular weight excluding hydrogens is 323 g/mol. The molecule has 0 spiro atoms. The van der Waals surface area contributed by atoms with Crippen LogP contribution in [-0.2, 0) is 4.79 Å². The molecule has 2 saturated heterocycles. The highest BCUT2D eigenvalue weighted by atomic mass is 35.5. The van der Waals surface area contributed by atoms with Crippen LogP contribution in [0.5, 0.6) is 0 Å². The Labute approximate surface area is 137 Å². The molecule has 8 heteroatoms. The molecule has 0 radical (unpaired) electrons. The van der Waals surface area contributed by atoms with Gasteiger partial charge in [-0.15, -0.1) is 24.8 Å². The molecule has 126 valence electrons. The van der Waals surface area contributed by atoms with Gasteiger partial charge >= 0.3 is 0 Å². The maximum absolute atomic E-state index is 13.0. The Bertz CT molecular complexity index is 335. The number of piperidine rings is 1. The zero-order valence-corrected chi connectivity index (χ0v) is 13.9. The van der Waals surface area contributed by atoms with E-state index in [9.17, 15) is 13.6 Å². The van der Waals surface area contributed by atoms with Crippen LogP contribution in [0.25, 0.3) is 0 Å². The summed E-state index contributed by atoms with van der Waals surface area (Å²) in [6, 6.07) is -0.187. The number of alkyl halides is 2. The zero-order valence-electron chi connectivity index (χ0n) is 12.2. The highest BCUT2D eigenvalue weighted by Crippen LogP contribution is 2.25. The van der Waals surface area contributed by atoms with Gasteiger partial charge in [-0.2, -0.15) is 0 Å². The fraction of sp³-hybridized carbons (Fsp3) is 0.923. The van der Waals surface area contributed by atoms with Gasteiger partial charge in [0.2, 0.25) is 5.91 Å². The molecule has 0 aromatic rings. The SMILES string of the molecule is CC1CCCCN1CCNC(=O)C1CC(F)(F)CN1.Cl.Cl. The molecule has 0 aliphatic carbocycles. The van der Waals surface area contributed by atoms with Gasteiger partial charge in [0, 0.05) is 25.6 Å². The van der Waals surface area contributed by atoms with Crippen LogP contribution in [0.2, 0.25) is 0 Å². The summed E-state index contributed by atoms with van der Waals surface area (Å²) in [7, 11) is 0. The van der Waals surface area contributed by atoms with E-state index in [1.165, 1.54) is 19.3 Å². The van der Waals surface area contributed by atoms with E-state index in [0.717, 1.165) is 13.1 Å². The van der Waals surface area contributed by atoms with Crippen molar-refractivity contribution in [3.63, 3.8) is 0 Å². The third-order valence-corrected chi connectivity index (χ3v) is 4.07. The standard InChI is InChI=1S/C13H23F2N3O.2ClH/c1-10-4-2-3-6-18(10)7-5-16-12(19)11-8-13(14,15)9-17-11;;/h10-11,17H,2-9H2,1H3,(H,16,19);2*1H. The lowest BCUT2D eigenvalue weighted by molar-refractivity contribution is -0.123. The fourth-order valence-electron chi connectivity index (χ4n) is 2.84. The van der Waals surface area contributed by atoms with E-state index in [2.05, 4.69) is 22.5 Å². The first-order chi connectivity index (χ1) is 8.98. The van der Waals surface area contributed by atoms with Crippen molar-refractivity contribution in [1.82, 2.24) is 15.5 Å². The highest BCUT2D eigenvalue weighted by Gasteiger charge is 2.42. The van der Waals surface area contributed by atoms with Gasteiger partial charge in [0.15, 0.2) is 0 Å². The quantitative estimate of drug-likeness (QED) is 0.815. The fourth-order valence-corrected chi connectivity index (χ4v) is 2.84. The van der Waals surface area contributed by atoms with Gasteiger partial charge in [-0.1, -0.05) is 6.42 Å². The molecule has 2 unspecified atom stereocenters. The summed E-state index contributed by atoms with van der Waals surface area (Å²) < 4.78 is 25.9. The summed E-state index contributed by atoms with van der Waals surface area (Å²) in [6.07, 6.45) is 3.28. The minimum Gasteiger partial charge on any atom is -0.353 e. The number of hydrogen-bond acceptors (Lipinski definition) is 3. The maximum atomic E-state index is 13.0. The third-order valence-electron chi connectivity index (χ3n) is 4.07. The minimum atomic E-state index is -2.75. The second kappa shape index (κ2) is 9.08. The normalized spacial score (nSPS) is 28.3. The molecule has 21 heavy (non-hydrogen) atoms. The topological polar surface area (TPSA) is 44.4 Å². The second-order valence-electron chi connectivity index (χ2n) is 5.67. The van der Waals surface area contributed by atoms with Crippen LogP contribution in [0.15, 0.2) is 0 Å². The molecule has 0 aromatic carbocycles. The van der Waals surface area contributed by atoms with Crippen molar-refractivity contribution < 1.29 is 13.6 Å². The summed E-state index contributed by atoms with van der Waals surface area (Å²) in [5.41, 5.74) is 0. The monoisotopic (exact) mass is 347 g/mol. The lowest BCUT2D eigenvalue weighted by Gasteiger charge is -2.33. The van der Waals surface area contributed by atoms with Crippen LogP contribution in [0.1, 0.15) is 32.6 Å². The molecule has 1 amide bonds. The number of likely N-dealkylation sites (tertiary alicyclic amines) is 1. The van der Waals surface area contributed by atoms with E-state index in [1.54, 1.807) is 0 Å². The van der Waals surface area contributed by atoms with E-state index < -0.39 is 18.5 Å². The summed E-state index contributed by atoms with van der Waals surface area (Å²) in [5.74, 6) is -3.05. The molecule has 0 aromatic heterocycles. The van der Waals surface area contributed by atoms with Crippen molar-refractivity contribution in [2.75, 3.05) is 26.2 Å². The number of rotatable bonds is 4. The molecule has 2 atom stereocenters. The van der Waals surface area contributed by atoms with Crippen molar-refractivity contribution in [3.05, 3.63) is 0 Å². The minimum absolute atomic E-state index is 0. The molecule has 2 aliphatic heterocycles. The average Bonchev–Trinajstić information content (AvgIpc) is 2.72. The Kier molecular flexibility index (Phi) is 9.00. The Morgan fingerprint density at radius 1 is 1.38 bits per heavy atom. The summed E-state index contributed by atoms with van der Waals surface area (Å²) in [6.45, 7) is 4.20. The number of amides is 1. The molecule has 2 N–H and O–H groups in total. The van der Waals surface area contributed by atoms with Gasteiger partial charge in [-0.05, 0) is 26.3 Å². The summed E-state index contributed by atoms with van der Waals surface area (Å²) >= 11 is 0. The van der Waals surface area contributed by atoms with Gasteiger partial charge < -0.3 is 5.32 Å². The smallest absolute Gasteiger partial charge is 0.262 e. The molecular formula is C13H25Cl2F2N3O. The molecule has 4 nitrogen and oxygen atoms in total. The van der Waals surface area contributed by atoms with Gasteiger partial charge in [0.1, 0.15) is 0 Å². The lowest BCUT2D eigenvalue weighted by Crippen LogP contribution is -2.46. The van der Waals surface area contributed by atoms with E-state index in [0.29, 0.717) is 12.6 Å². The van der Waals surface area contributed by atoms with Crippen molar-refractivity contribution >= 4 is 30.7 Å². The van der Waals surface area contributed by atoms with Crippen LogP contribution < -0.4 is 10.6 Å². The van der Waals surface area contributed by atoms with Crippen LogP contribution in [0.4, 0.5) is 8.78 Å². The predicted molar refractivity (Wildman–Crippen MR) is 83.7 cm³/mol. The first-order valence-electron chi connectivity index (χ1n) is 7.11. The van der Waals surface area contributed by atoms with Crippen LogP contribution in [0.3, 0.4) is 0 Å². The Morgan fingerprint density at radius 2 is 2.10 bits per heavy atom. The number of carbonyl (C=O) groups is 1. The van der Waals surface area contributed by atoms with Crippen molar-refractivity contribution in [3.8, 4) is 0 Å². The number of hydrogen-bond donors (Lipinski definition) is 2. The number of carbonyl (C=O) groups excluding carboxylic acids is 1. The number of halogens is 4. The molecule has 2 fully saturated rings. The van der Waals surface area contributed by atoms with Crippen molar-refractivity contribution in [2.24, 2.45) is 0 Å². The van der Waals surface area contributed by atoms with Gasteiger partial charge in [-0.3, -0.25) is 15.0 Å². The molecule has 0 saturated carbocycles. The van der Waals surface area contributed by atoms with E-state index in [-0.39, 0.29) is 37.1 Å². The lowest BCUT2D eigenvalue weighted by atomic mass is 10.0. The zero-order chi connectivity index (χ0) is 13.9. The van der Waals surface area contributed by atoms with Crippen LogP contribution in [-0.4, -0.2) is 55.0 Å². The second-order valence-corrected chi connectivity index (χ2v) is 5.67. The Morgan fingerprint density at radius 3 is 2.67 bits per heavy atom. The van der Waals surface area contributed by atoms with E-state index >= 15 is 0 Å². The number of nitrogens with zero attached hydrogens (tertiary/aromatic N) is 1. The largest absolute Gasteiger partial charge is 0.353 e. The van der Waals surface area contributed by atoms with Crippen molar-refractivity contribution in [2.45, 2.75) is 50.6 Å². The summed E-state index contributed by atoms with van der Waals surface area (Å²) in [5, 5.41) is 5.32. The summed E-state index contributed by atoms with van der Waals surface area (Å²) in [4.78, 5) is 14.1. The molecule has 0 bridgehead atoms. The van der Waals surface area contributed by atoms with E-state index in [4.69, 9.17) is 0 Å². The van der Waals surface area contributed by atoms with Gasteiger partial charge in [0.05, 0.1) is 12.6 Å². The maximum Gasteiger partial charge on any atom is 0.262 e. The van der Waals surface area contributed by atoms with Crippen LogP contribution >= 0.6 is 24.8 Å².